The number of carbonyl (C=O) groups excluding carboxylic acids is 2. The molecule has 0 bridgehead atoms. The fraction of sp³-hybridized carbons (Fsp3) is 0.333. The molecule has 41 heavy (non-hydrogen) atoms. The number of hydrogen-bond acceptors (Lipinski definition) is 7. The molecule has 3 fully saturated rings. The lowest BCUT2D eigenvalue weighted by molar-refractivity contribution is -0.128. The Hall–Kier alpha value is -4.04. The number of benzene rings is 2. The molecule has 9 nitrogen and oxygen atoms in total. The van der Waals surface area contributed by atoms with Gasteiger partial charge in [0.25, 0.3) is 0 Å². The zero-order valence-corrected chi connectivity index (χ0v) is 23.2. The van der Waals surface area contributed by atoms with E-state index >= 15 is 0 Å². The van der Waals surface area contributed by atoms with E-state index < -0.39 is 5.82 Å². The number of morpholine rings is 1. The van der Waals surface area contributed by atoms with E-state index in [1.54, 1.807) is 36.2 Å². The molecule has 210 valence electrons. The number of halogens is 2. The fourth-order valence-corrected chi connectivity index (χ4v) is 5.52. The van der Waals surface area contributed by atoms with Crippen molar-refractivity contribution in [2.24, 2.45) is 11.3 Å². The number of fused-ring (bicyclic) bond motifs is 2. The standard InChI is InChI=1S/C30H28ClFN6O3/c1-37-17-30(16-21(30)29(37)40)8-7-19-14-25-20(28(34-18-33-25)36-23-5-2-4-22(31)27(23)32)15-24(19)35-26(39)6-3-9-38-10-12-41-13-11-38/h2-6,14-15,18,21H,9-13,16-17H2,1H3,(H,35,39)(H,33,34,36)/b6-3+/t21-,30+/m1/s1. The molecule has 1 saturated carbocycles. The number of piperidine rings is 1. The summed E-state index contributed by atoms with van der Waals surface area (Å²) in [4.78, 5) is 37.9. The smallest absolute Gasteiger partial charge is 0.248 e. The predicted molar refractivity (Wildman–Crippen MR) is 154 cm³/mol. The number of nitrogens with one attached hydrogen (secondary N) is 2. The van der Waals surface area contributed by atoms with Crippen LogP contribution in [0.3, 0.4) is 0 Å². The molecule has 2 N–H and O–H groups in total. The average Bonchev–Trinajstić information content (AvgIpc) is 3.62. The number of rotatable bonds is 6. The lowest BCUT2D eigenvalue weighted by Crippen LogP contribution is -2.36. The monoisotopic (exact) mass is 574 g/mol. The molecule has 0 radical (unpaired) electrons. The van der Waals surface area contributed by atoms with Crippen molar-refractivity contribution < 1.29 is 18.7 Å². The van der Waals surface area contributed by atoms with Crippen molar-refractivity contribution in [1.82, 2.24) is 19.8 Å². The normalized spacial score (nSPS) is 22.0. The highest BCUT2D eigenvalue weighted by atomic mass is 35.5. The molecule has 2 aliphatic heterocycles. The van der Waals surface area contributed by atoms with Gasteiger partial charge in [0.15, 0.2) is 5.82 Å². The topological polar surface area (TPSA) is 99.7 Å². The van der Waals surface area contributed by atoms with E-state index in [1.807, 2.05) is 6.08 Å². The second-order valence-corrected chi connectivity index (χ2v) is 10.9. The number of amides is 2. The second-order valence-electron chi connectivity index (χ2n) is 10.5. The van der Waals surface area contributed by atoms with Crippen LogP contribution in [0.25, 0.3) is 10.9 Å². The van der Waals surface area contributed by atoms with E-state index in [0.29, 0.717) is 54.3 Å². The third-order valence-corrected chi connectivity index (χ3v) is 7.98. The maximum absolute atomic E-state index is 14.6. The second kappa shape index (κ2) is 11.1. The van der Waals surface area contributed by atoms with Crippen LogP contribution >= 0.6 is 11.6 Å². The highest BCUT2D eigenvalue weighted by Crippen LogP contribution is 2.57. The number of likely N-dealkylation sites (tertiary alicyclic amines) is 1. The zero-order chi connectivity index (χ0) is 28.6. The molecule has 3 heterocycles. The highest BCUT2D eigenvalue weighted by molar-refractivity contribution is 6.31. The fourth-order valence-electron chi connectivity index (χ4n) is 5.34. The number of aromatic nitrogens is 2. The van der Waals surface area contributed by atoms with E-state index in [4.69, 9.17) is 16.3 Å². The summed E-state index contributed by atoms with van der Waals surface area (Å²) >= 11 is 5.96. The third-order valence-electron chi connectivity index (χ3n) is 7.69. The van der Waals surface area contributed by atoms with E-state index in [9.17, 15) is 14.0 Å². The number of anilines is 3. The quantitative estimate of drug-likeness (QED) is 0.341. The Morgan fingerprint density at radius 3 is 2.88 bits per heavy atom. The summed E-state index contributed by atoms with van der Waals surface area (Å²) in [6.07, 6.45) is 5.43. The summed E-state index contributed by atoms with van der Waals surface area (Å²) in [6, 6.07) is 8.15. The van der Waals surface area contributed by atoms with Crippen LogP contribution in [0.15, 0.2) is 48.8 Å². The molecular weight excluding hydrogens is 547 g/mol. The SMILES string of the molecule is CN1C[C@]2(C#Cc3cc4ncnc(Nc5cccc(Cl)c5F)c4cc3NC(=O)/C=C/CN3CCOCC3)C[C@@H]2C1=O. The van der Waals surface area contributed by atoms with Gasteiger partial charge in [-0.25, -0.2) is 14.4 Å². The van der Waals surface area contributed by atoms with Crippen molar-refractivity contribution >= 4 is 51.5 Å². The van der Waals surface area contributed by atoms with E-state index in [0.717, 1.165) is 19.5 Å². The molecule has 1 aliphatic carbocycles. The number of hydrogen-bond donors (Lipinski definition) is 2. The van der Waals surface area contributed by atoms with Gasteiger partial charge in [0.2, 0.25) is 11.8 Å². The van der Waals surface area contributed by atoms with Crippen LogP contribution in [-0.2, 0) is 14.3 Å². The molecule has 0 unspecified atom stereocenters. The van der Waals surface area contributed by atoms with Gasteiger partial charge < -0.3 is 20.3 Å². The first-order chi connectivity index (χ1) is 19.8. The van der Waals surface area contributed by atoms with Gasteiger partial charge in [-0.15, -0.1) is 0 Å². The summed E-state index contributed by atoms with van der Waals surface area (Å²) in [5.74, 6) is 6.01. The Balaban J connectivity index is 1.32. The first-order valence-corrected chi connectivity index (χ1v) is 13.8. The van der Waals surface area contributed by atoms with Crippen LogP contribution < -0.4 is 10.6 Å². The first-order valence-electron chi connectivity index (χ1n) is 13.4. The molecule has 3 aliphatic rings. The van der Waals surface area contributed by atoms with Gasteiger partial charge in [-0.3, -0.25) is 14.5 Å². The van der Waals surface area contributed by atoms with E-state index in [1.165, 1.54) is 18.5 Å². The number of ether oxygens (including phenoxy) is 1. The van der Waals surface area contributed by atoms with Crippen molar-refractivity contribution in [3.05, 3.63) is 65.2 Å². The van der Waals surface area contributed by atoms with Crippen LogP contribution in [0.1, 0.15) is 12.0 Å². The minimum Gasteiger partial charge on any atom is -0.379 e. The van der Waals surface area contributed by atoms with Crippen LogP contribution in [-0.4, -0.2) is 78.0 Å². The van der Waals surface area contributed by atoms with Gasteiger partial charge >= 0.3 is 0 Å². The van der Waals surface area contributed by atoms with Gasteiger partial charge in [0, 0.05) is 44.7 Å². The Labute approximate surface area is 241 Å². The molecule has 11 heteroatoms. The Bertz CT molecular complexity index is 1630. The van der Waals surface area contributed by atoms with Crippen LogP contribution in [0.2, 0.25) is 5.02 Å². The summed E-state index contributed by atoms with van der Waals surface area (Å²) in [7, 11) is 1.79. The molecule has 2 aromatic carbocycles. The van der Waals surface area contributed by atoms with Crippen molar-refractivity contribution in [3.8, 4) is 11.8 Å². The molecule has 0 spiro atoms. The largest absolute Gasteiger partial charge is 0.379 e. The van der Waals surface area contributed by atoms with Crippen molar-refractivity contribution in [3.63, 3.8) is 0 Å². The maximum Gasteiger partial charge on any atom is 0.248 e. The average molecular weight is 575 g/mol. The van der Waals surface area contributed by atoms with Gasteiger partial charge in [-0.05, 0) is 30.7 Å². The van der Waals surface area contributed by atoms with Crippen molar-refractivity contribution in [1.29, 1.82) is 0 Å². The van der Waals surface area contributed by atoms with E-state index in [-0.39, 0.29) is 33.9 Å². The zero-order valence-electron chi connectivity index (χ0n) is 22.4. The Morgan fingerprint density at radius 2 is 2.10 bits per heavy atom. The van der Waals surface area contributed by atoms with Gasteiger partial charge in [0.1, 0.15) is 12.1 Å². The minimum atomic E-state index is -0.600. The molecule has 1 aromatic heterocycles. The van der Waals surface area contributed by atoms with Crippen LogP contribution in [0.5, 0.6) is 0 Å². The molecule has 2 atom stereocenters. The number of nitrogens with zero attached hydrogens (tertiary/aromatic N) is 4. The number of carbonyl (C=O) groups is 2. The van der Waals surface area contributed by atoms with Crippen LogP contribution in [0.4, 0.5) is 21.6 Å². The van der Waals surface area contributed by atoms with Crippen molar-refractivity contribution in [2.75, 3.05) is 57.1 Å². The molecular formula is C30H28ClFN6O3. The van der Waals surface area contributed by atoms with Crippen molar-refractivity contribution in [2.45, 2.75) is 6.42 Å². The molecule has 2 saturated heterocycles. The first kappa shape index (κ1) is 27.1. The summed E-state index contributed by atoms with van der Waals surface area (Å²) in [6.45, 7) is 4.23. The lowest BCUT2D eigenvalue weighted by atomic mass is 10.0. The predicted octanol–water partition coefficient (Wildman–Crippen LogP) is 3.82. The van der Waals surface area contributed by atoms with Gasteiger partial charge in [-0.1, -0.05) is 35.6 Å². The highest BCUT2D eigenvalue weighted by Gasteiger charge is 2.64. The maximum atomic E-state index is 14.6. The lowest BCUT2D eigenvalue weighted by Gasteiger charge is -2.25. The van der Waals surface area contributed by atoms with Gasteiger partial charge in [0.05, 0.1) is 52.0 Å². The van der Waals surface area contributed by atoms with E-state index in [2.05, 4.69) is 37.3 Å². The Kier molecular flexibility index (Phi) is 7.34. The molecule has 6 rings (SSSR count). The molecule has 3 aromatic rings. The summed E-state index contributed by atoms with van der Waals surface area (Å²) in [5, 5.41) is 6.48. The summed E-state index contributed by atoms with van der Waals surface area (Å²) < 4.78 is 20.0. The Morgan fingerprint density at radius 1 is 1.27 bits per heavy atom. The molecule has 2 amide bonds. The third kappa shape index (κ3) is 5.61. The van der Waals surface area contributed by atoms with Crippen LogP contribution in [0, 0.1) is 29.0 Å². The summed E-state index contributed by atoms with van der Waals surface area (Å²) in [5.41, 5.74) is 1.38. The van der Waals surface area contributed by atoms with Gasteiger partial charge in [-0.2, -0.15) is 0 Å². The minimum absolute atomic E-state index is 0.0171.